The molecule has 0 unspecified atom stereocenters. The van der Waals surface area contributed by atoms with Crippen molar-refractivity contribution in [3.63, 3.8) is 0 Å². The minimum Gasteiger partial charge on any atom is -0.383 e. The summed E-state index contributed by atoms with van der Waals surface area (Å²) < 4.78 is 15.3. The van der Waals surface area contributed by atoms with E-state index in [1.807, 2.05) is 6.92 Å². The highest BCUT2D eigenvalue weighted by molar-refractivity contribution is 7.17. The van der Waals surface area contributed by atoms with Gasteiger partial charge in [0.25, 0.3) is 11.5 Å². The van der Waals surface area contributed by atoms with Crippen molar-refractivity contribution < 1.29 is 9.18 Å². The van der Waals surface area contributed by atoms with Crippen molar-refractivity contribution in [2.24, 2.45) is 0 Å². The number of aromatic amines is 1. The lowest BCUT2D eigenvalue weighted by Gasteiger charge is -2.19. The maximum Gasteiger partial charge on any atom is 0.330 e. The number of aromatic nitrogens is 2. The average Bonchev–Trinajstić information content (AvgIpc) is 3.17. The molecule has 0 bridgehead atoms. The van der Waals surface area contributed by atoms with E-state index in [2.05, 4.69) is 4.98 Å². The lowest BCUT2D eigenvalue weighted by Crippen LogP contribution is -2.39. The Morgan fingerprint density at radius 3 is 2.66 bits per heavy atom. The number of benzene rings is 1. The van der Waals surface area contributed by atoms with E-state index in [-0.39, 0.29) is 17.3 Å². The predicted octanol–water partition coefficient (Wildman–Crippen LogP) is 3.06. The summed E-state index contributed by atoms with van der Waals surface area (Å²) in [5.41, 5.74) is 5.02. The maximum absolute atomic E-state index is 14.0. The Morgan fingerprint density at radius 2 is 1.97 bits per heavy atom. The summed E-state index contributed by atoms with van der Waals surface area (Å²) in [5.74, 6) is -0.921. The van der Waals surface area contributed by atoms with E-state index in [9.17, 15) is 18.8 Å². The normalized spacial score (nSPS) is 10.9. The fourth-order valence-electron chi connectivity index (χ4n) is 2.97. The molecule has 0 aliphatic rings. The molecular weight excluding hydrogens is 395 g/mol. The Balaban J connectivity index is 1.96. The zero-order valence-electron chi connectivity index (χ0n) is 16.1. The second kappa shape index (κ2) is 8.44. The molecule has 7 nitrogen and oxygen atoms in total. The summed E-state index contributed by atoms with van der Waals surface area (Å²) in [6.45, 7) is 2.30. The largest absolute Gasteiger partial charge is 0.383 e. The quantitative estimate of drug-likeness (QED) is 0.645. The van der Waals surface area contributed by atoms with Gasteiger partial charge in [0.1, 0.15) is 11.6 Å². The molecule has 9 heteroatoms. The third kappa shape index (κ3) is 4.00. The van der Waals surface area contributed by atoms with Crippen molar-refractivity contribution in [1.82, 2.24) is 9.55 Å². The Bertz CT molecular complexity index is 1170. The van der Waals surface area contributed by atoms with Gasteiger partial charge in [0.15, 0.2) is 5.69 Å². The van der Waals surface area contributed by atoms with E-state index < -0.39 is 17.2 Å². The maximum atomic E-state index is 14.0. The van der Waals surface area contributed by atoms with E-state index >= 15 is 0 Å². The van der Waals surface area contributed by atoms with Gasteiger partial charge in [-0.1, -0.05) is 31.5 Å². The number of hydrogen-bond donors (Lipinski definition) is 2. The molecule has 3 N–H and O–H groups in total. The smallest absolute Gasteiger partial charge is 0.330 e. The zero-order valence-corrected chi connectivity index (χ0v) is 16.9. The molecule has 0 fully saturated rings. The molecule has 1 aromatic carbocycles. The number of carbonyl (C=O) groups excluding carboxylic acids is 1. The number of thiophene rings is 1. The first-order chi connectivity index (χ1) is 13.8. The topological polar surface area (TPSA) is 101 Å². The Hall–Kier alpha value is -3.20. The monoisotopic (exact) mass is 416 g/mol. The molecule has 0 aliphatic heterocycles. The van der Waals surface area contributed by atoms with Gasteiger partial charge in [0, 0.05) is 24.0 Å². The minimum absolute atomic E-state index is 0.0612. The second-order valence-corrected chi connectivity index (χ2v) is 7.59. The van der Waals surface area contributed by atoms with Gasteiger partial charge in [-0.25, -0.2) is 9.18 Å². The number of anilines is 2. The molecule has 2 aromatic heterocycles. The summed E-state index contributed by atoms with van der Waals surface area (Å²) in [6.07, 6.45) is 1.54. The van der Waals surface area contributed by atoms with Gasteiger partial charge in [0.05, 0.1) is 4.88 Å². The van der Waals surface area contributed by atoms with Gasteiger partial charge in [-0.3, -0.25) is 19.1 Å². The van der Waals surface area contributed by atoms with Crippen molar-refractivity contribution in [2.45, 2.75) is 26.3 Å². The summed E-state index contributed by atoms with van der Waals surface area (Å²) in [6, 6.07) is 9.51. The molecule has 29 heavy (non-hydrogen) atoms. The number of nitrogens with zero attached hydrogens (tertiary/aromatic N) is 2. The van der Waals surface area contributed by atoms with Crippen LogP contribution in [0.25, 0.3) is 10.4 Å². The van der Waals surface area contributed by atoms with E-state index in [0.717, 1.165) is 22.7 Å². The van der Waals surface area contributed by atoms with Crippen LogP contribution in [0.1, 0.15) is 29.4 Å². The molecule has 152 valence electrons. The van der Waals surface area contributed by atoms with Crippen LogP contribution < -0.4 is 21.9 Å². The van der Waals surface area contributed by atoms with Crippen molar-refractivity contribution in [2.75, 3.05) is 17.7 Å². The molecule has 1 amide bonds. The van der Waals surface area contributed by atoms with E-state index in [1.165, 1.54) is 17.7 Å². The highest BCUT2D eigenvalue weighted by Gasteiger charge is 2.23. The molecule has 3 aromatic rings. The van der Waals surface area contributed by atoms with Gasteiger partial charge >= 0.3 is 5.69 Å². The number of H-pyrrole nitrogens is 1. The Kier molecular flexibility index (Phi) is 5.97. The molecule has 0 spiro atoms. The number of amides is 1. The van der Waals surface area contributed by atoms with Gasteiger partial charge in [-0.05, 0) is 24.6 Å². The van der Waals surface area contributed by atoms with Crippen LogP contribution in [0, 0.1) is 5.82 Å². The first-order valence-corrected chi connectivity index (χ1v) is 9.92. The van der Waals surface area contributed by atoms with Gasteiger partial charge in [-0.15, -0.1) is 11.3 Å². The summed E-state index contributed by atoms with van der Waals surface area (Å²) in [5, 5.41) is 0. The lowest BCUT2D eigenvalue weighted by atomic mass is 10.2. The highest BCUT2D eigenvalue weighted by atomic mass is 32.1. The molecular formula is C20H21FN4O3S. The van der Waals surface area contributed by atoms with Gasteiger partial charge in [0.2, 0.25) is 0 Å². The number of carbonyl (C=O) groups is 1. The number of unbranched alkanes of at least 4 members (excludes halogenated alkanes) is 1. The molecule has 0 saturated carbocycles. The van der Waals surface area contributed by atoms with Crippen LogP contribution in [0.4, 0.5) is 15.9 Å². The van der Waals surface area contributed by atoms with E-state index in [1.54, 1.807) is 30.3 Å². The molecule has 3 rings (SSSR count). The lowest BCUT2D eigenvalue weighted by molar-refractivity contribution is 0.0996. The first-order valence-electron chi connectivity index (χ1n) is 9.10. The number of hydrogen-bond acceptors (Lipinski definition) is 5. The van der Waals surface area contributed by atoms with Crippen LogP contribution in [0.3, 0.4) is 0 Å². The SMILES string of the molecule is CCCCn1c(N)c(N(C)C(=O)c2ccc(-c3ccccc3F)s2)c(=O)[nH]c1=O. The Labute approximate surface area is 170 Å². The molecule has 2 heterocycles. The van der Waals surface area contributed by atoms with Crippen LogP contribution in [-0.4, -0.2) is 22.5 Å². The number of rotatable bonds is 6. The highest BCUT2D eigenvalue weighted by Crippen LogP contribution is 2.31. The summed E-state index contributed by atoms with van der Waals surface area (Å²) in [4.78, 5) is 41.6. The van der Waals surface area contributed by atoms with Crippen LogP contribution in [0.5, 0.6) is 0 Å². The molecule has 0 saturated heterocycles. The third-order valence-corrected chi connectivity index (χ3v) is 5.65. The number of nitrogen functional groups attached to an aromatic ring is 1. The van der Waals surface area contributed by atoms with Crippen LogP contribution in [0.2, 0.25) is 0 Å². The number of nitrogens with one attached hydrogen (secondary N) is 1. The van der Waals surface area contributed by atoms with E-state index in [4.69, 9.17) is 5.73 Å². The number of nitrogens with two attached hydrogens (primary N) is 1. The van der Waals surface area contributed by atoms with Crippen molar-refractivity contribution in [1.29, 1.82) is 0 Å². The summed E-state index contributed by atoms with van der Waals surface area (Å²) in [7, 11) is 1.42. The first kappa shape index (κ1) is 20.5. The minimum atomic E-state index is -0.734. The zero-order chi connectivity index (χ0) is 21.1. The standard InChI is InChI=1S/C20H21FN4O3S/c1-3-4-11-25-17(22)16(18(26)23-20(25)28)24(2)19(27)15-10-9-14(29-15)12-7-5-6-8-13(12)21/h5-10H,3-4,11,22H2,1-2H3,(H,23,26,28). The van der Waals surface area contributed by atoms with Gasteiger partial charge in [-0.2, -0.15) is 0 Å². The molecule has 0 aliphatic carbocycles. The second-order valence-electron chi connectivity index (χ2n) is 6.51. The van der Waals surface area contributed by atoms with E-state index in [0.29, 0.717) is 28.3 Å². The van der Waals surface area contributed by atoms with Gasteiger partial charge < -0.3 is 10.6 Å². The molecule has 0 atom stereocenters. The third-order valence-electron chi connectivity index (χ3n) is 4.55. The van der Waals surface area contributed by atoms with Crippen molar-refractivity contribution in [3.8, 4) is 10.4 Å². The van der Waals surface area contributed by atoms with Crippen molar-refractivity contribution >= 4 is 28.7 Å². The number of halogens is 1. The predicted molar refractivity (Wildman–Crippen MR) is 113 cm³/mol. The van der Waals surface area contributed by atoms with Crippen LogP contribution in [-0.2, 0) is 6.54 Å². The summed E-state index contributed by atoms with van der Waals surface area (Å²) >= 11 is 1.11. The van der Waals surface area contributed by atoms with Crippen LogP contribution in [0.15, 0.2) is 46.0 Å². The fourth-order valence-corrected chi connectivity index (χ4v) is 3.97. The molecule has 0 radical (unpaired) electrons. The fraction of sp³-hybridized carbons (Fsp3) is 0.250. The van der Waals surface area contributed by atoms with Crippen LogP contribution >= 0.6 is 11.3 Å². The Morgan fingerprint density at radius 1 is 1.24 bits per heavy atom. The van der Waals surface area contributed by atoms with Crippen molar-refractivity contribution in [3.05, 3.63) is 67.9 Å². The average molecular weight is 416 g/mol.